The maximum atomic E-state index is 14.0. The largest absolute Gasteiger partial charge is 0.464 e. The molecule has 3 aromatic carbocycles. The molecule has 44 heavy (non-hydrogen) atoms. The van der Waals surface area contributed by atoms with Gasteiger partial charge in [0.25, 0.3) is 0 Å². The number of amides is 2. The maximum Gasteiger partial charge on any atom is 0.243 e. The number of carbonyl (C=O) groups is 2. The molecule has 5 rings (SSSR count). The molecule has 11 heteroatoms. The number of nitrogens with zero attached hydrogens (tertiary/aromatic N) is 2. The number of nitrogens with one attached hydrogen (secondary N) is 1. The number of sulfonamides is 1. The third-order valence-corrected chi connectivity index (χ3v) is 9.31. The molecule has 0 saturated carbocycles. The number of benzene rings is 3. The van der Waals surface area contributed by atoms with Crippen LogP contribution in [0.3, 0.4) is 0 Å². The second kappa shape index (κ2) is 13.5. The van der Waals surface area contributed by atoms with Crippen molar-refractivity contribution in [2.24, 2.45) is 0 Å². The van der Waals surface area contributed by atoms with Gasteiger partial charge in [-0.3, -0.25) is 14.4 Å². The molecule has 0 radical (unpaired) electrons. The minimum absolute atomic E-state index is 0.00190. The van der Waals surface area contributed by atoms with E-state index in [1.54, 1.807) is 12.1 Å². The highest BCUT2D eigenvalue weighted by molar-refractivity contribution is 7.89. The molecule has 2 amide bonds. The highest BCUT2D eigenvalue weighted by Crippen LogP contribution is 2.23. The third kappa shape index (κ3) is 7.42. The molecule has 1 aromatic heterocycles. The van der Waals surface area contributed by atoms with Crippen LogP contribution < -0.4 is 10.7 Å². The SMILES string of the molecule is CC(=O)Nc1ccc(S(=O)(=O)N(CC(=O)N(Cc2ccccc2)Cc2coc3ccc(C)cc3c2=O)CC2CCCO2)cc1. The predicted octanol–water partition coefficient (Wildman–Crippen LogP) is 4.46. The number of aryl methyl sites for hydroxylation is 1. The second-order valence-corrected chi connectivity index (χ2v) is 12.9. The molecule has 1 aliphatic rings. The Morgan fingerprint density at radius 1 is 1.00 bits per heavy atom. The van der Waals surface area contributed by atoms with E-state index in [1.807, 2.05) is 43.3 Å². The van der Waals surface area contributed by atoms with Crippen LogP contribution in [-0.4, -0.2) is 55.2 Å². The molecule has 1 atom stereocenters. The van der Waals surface area contributed by atoms with Gasteiger partial charge in [-0.05, 0) is 61.7 Å². The number of rotatable bonds is 11. The molecule has 1 N–H and O–H groups in total. The first-order chi connectivity index (χ1) is 21.1. The van der Waals surface area contributed by atoms with E-state index in [0.717, 1.165) is 21.9 Å². The normalized spacial score (nSPS) is 15.0. The number of anilines is 1. The van der Waals surface area contributed by atoms with Gasteiger partial charge in [0, 0.05) is 32.3 Å². The Morgan fingerprint density at radius 3 is 2.43 bits per heavy atom. The standard InChI is InChI=1S/C33H35N3O7S/c1-23-10-15-31-30(17-23)33(39)26(22-43-31)19-35(18-25-7-4-3-5-8-25)32(38)21-36(20-28-9-6-16-42-28)44(40,41)29-13-11-27(12-14-29)34-24(2)37/h3-5,7-8,10-15,17,22,28H,6,9,16,18-21H2,1-2H3,(H,34,37). The molecular formula is C33H35N3O7S. The average Bonchev–Trinajstić information content (AvgIpc) is 3.52. The Balaban J connectivity index is 1.46. The van der Waals surface area contributed by atoms with Crippen molar-refractivity contribution in [3.05, 3.63) is 106 Å². The Hall–Kier alpha value is -4.32. The smallest absolute Gasteiger partial charge is 0.243 e. The molecule has 1 unspecified atom stereocenters. The van der Waals surface area contributed by atoms with Crippen LogP contribution in [0.2, 0.25) is 0 Å². The summed E-state index contributed by atoms with van der Waals surface area (Å²) in [4.78, 5) is 40.3. The molecule has 0 bridgehead atoms. The summed E-state index contributed by atoms with van der Waals surface area (Å²) in [6.07, 6.45) is 2.49. The number of carbonyl (C=O) groups excluding carboxylic acids is 2. The first kappa shape index (κ1) is 31.1. The zero-order valence-electron chi connectivity index (χ0n) is 24.7. The van der Waals surface area contributed by atoms with Gasteiger partial charge in [0.05, 0.1) is 41.3 Å². The van der Waals surface area contributed by atoms with E-state index in [0.29, 0.717) is 29.7 Å². The van der Waals surface area contributed by atoms with Crippen LogP contribution in [0.4, 0.5) is 5.69 Å². The first-order valence-corrected chi connectivity index (χ1v) is 15.9. The molecule has 10 nitrogen and oxygen atoms in total. The molecule has 2 heterocycles. The van der Waals surface area contributed by atoms with Gasteiger partial charge in [-0.25, -0.2) is 8.42 Å². The lowest BCUT2D eigenvalue weighted by atomic mass is 10.1. The van der Waals surface area contributed by atoms with Gasteiger partial charge in [0.1, 0.15) is 5.58 Å². The summed E-state index contributed by atoms with van der Waals surface area (Å²) in [6.45, 7) is 3.40. The summed E-state index contributed by atoms with van der Waals surface area (Å²) >= 11 is 0. The van der Waals surface area contributed by atoms with E-state index in [-0.39, 0.29) is 47.5 Å². The van der Waals surface area contributed by atoms with Crippen molar-refractivity contribution >= 4 is 38.5 Å². The predicted molar refractivity (Wildman–Crippen MR) is 166 cm³/mol. The summed E-state index contributed by atoms with van der Waals surface area (Å²) in [7, 11) is -4.14. The maximum absolute atomic E-state index is 14.0. The van der Waals surface area contributed by atoms with Gasteiger partial charge in [-0.1, -0.05) is 42.0 Å². The quantitative estimate of drug-likeness (QED) is 0.263. The summed E-state index contributed by atoms with van der Waals surface area (Å²) < 4.78 is 40.4. The highest BCUT2D eigenvalue weighted by Gasteiger charge is 2.32. The lowest BCUT2D eigenvalue weighted by molar-refractivity contribution is -0.132. The van der Waals surface area contributed by atoms with E-state index in [9.17, 15) is 22.8 Å². The minimum atomic E-state index is -4.14. The van der Waals surface area contributed by atoms with Crippen LogP contribution >= 0.6 is 0 Å². The van der Waals surface area contributed by atoms with Crippen molar-refractivity contribution in [3.63, 3.8) is 0 Å². The molecule has 1 aliphatic heterocycles. The van der Waals surface area contributed by atoms with E-state index in [4.69, 9.17) is 9.15 Å². The van der Waals surface area contributed by atoms with Crippen molar-refractivity contribution in [1.82, 2.24) is 9.21 Å². The molecule has 1 saturated heterocycles. The summed E-state index contributed by atoms with van der Waals surface area (Å²) in [5.41, 5.74) is 2.67. The van der Waals surface area contributed by atoms with Crippen LogP contribution in [0.15, 0.2) is 93.2 Å². The molecule has 4 aromatic rings. The lowest BCUT2D eigenvalue weighted by Gasteiger charge is -2.28. The molecular weight excluding hydrogens is 582 g/mol. The number of ether oxygens (including phenoxy) is 1. The Bertz CT molecular complexity index is 1800. The third-order valence-electron chi connectivity index (χ3n) is 7.49. The van der Waals surface area contributed by atoms with Crippen molar-refractivity contribution in [1.29, 1.82) is 0 Å². The van der Waals surface area contributed by atoms with Crippen LogP contribution in [-0.2, 0) is 37.4 Å². The topological polar surface area (TPSA) is 126 Å². The van der Waals surface area contributed by atoms with Crippen LogP contribution in [0, 0.1) is 6.92 Å². The minimum Gasteiger partial charge on any atom is -0.464 e. The zero-order valence-corrected chi connectivity index (χ0v) is 25.5. The molecule has 230 valence electrons. The highest BCUT2D eigenvalue weighted by atomic mass is 32.2. The Morgan fingerprint density at radius 2 is 1.75 bits per heavy atom. The molecule has 0 aliphatic carbocycles. The fraction of sp³-hybridized carbons (Fsp3) is 0.303. The summed E-state index contributed by atoms with van der Waals surface area (Å²) in [5.74, 6) is -0.755. The van der Waals surface area contributed by atoms with E-state index < -0.39 is 22.5 Å². The first-order valence-electron chi connectivity index (χ1n) is 14.4. The van der Waals surface area contributed by atoms with Gasteiger partial charge in [0.2, 0.25) is 21.8 Å². The van der Waals surface area contributed by atoms with Crippen LogP contribution in [0.25, 0.3) is 11.0 Å². The van der Waals surface area contributed by atoms with Gasteiger partial charge >= 0.3 is 0 Å². The van der Waals surface area contributed by atoms with Gasteiger partial charge in [-0.15, -0.1) is 0 Å². The van der Waals surface area contributed by atoms with Gasteiger partial charge < -0.3 is 19.4 Å². The summed E-state index contributed by atoms with van der Waals surface area (Å²) in [5, 5.41) is 3.04. The van der Waals surface area contributed by atoms with Crippen LogP contribution in [0.5, 0.6) is 0 Å². The summed E-state index contributed by atoms with van der Waals surface area (Å²) in [6, 6.07) is 20.4. The van der Waals surface area contributed by atoms with E-state index in [1.165, 1.54) is 42.4 Å². The van der Waals surface area contributed by atoms with Gasteiger partial charge in [-0.2, -0.15) is 4.31 Å². The lowest BCUT2D eigenvalue weighted by Crippen LogP contribution is -2.45. The molecule has 0 spiro atoms. The molecule has 1 fully saturated rings. The van der Waals surface area contributed by atoms with Gasteiger partial charge in [0.15, 0.2) is 5.43 Å². The number of hydrogen-bond donors (Lipinski definition) is 1. The van der Waals surface area contributed by atoms with Crippen molar-refractivity contribution in [2.45, 2.75) is 50.8 Å². The number of hydrogen-bond acceptors (Lipinski definition) is 7. The van der Waals surface area contributed by atoms with Crippen molar-refractivity contribution in [2.75, 3.05) is 25.0 Å². The Labute approximate surface area is 256 Å². The Kier molecular flexibility index (Phi) is 9.58. The van der Waals surface area contributed by atoms with E-state index in [2.05, 4.69) is 5.32 Å². The monoisotopic (exact) mass is 617 g/mol. The second-order valence-electron chi connectivity index (χ2n) is 11.0. The fourth-order valence-electron chi connectivity index (χ4n) is 5.21. The zero-order chi connectivity index (χ0) is 31.3. The van der Waals surface area contributed by atoms with Crippen LogP contribution in [0.1, 0.15) is 36.5 Å². The van der Waals surface area contributed by atoms with E-state index >= 15 is 0 Å². The average molecular weight is 618 g/mol. The fourth-order valence-corrected chi connectivity index (χ4v) is 6.63. The van der Waals surface area contributed by atoms with Crippen molar-refractivity contribution < 1.29 is 27.2 Å². The number of fused-ring (bicyclic) bond motifs is 1. The van der Waals surface area contributed by atoms with Crippen molar-refractivity contribution in [3.8, 4) is 0 Å².